The number of nitrogens with one attached hydrogen (secondary N) is 1. The number of carbonyl (C=O) groups is 1. The fourth-order valence-electron chi connectivity index (χ4n) is 2.81. The van der Waals surface area contributed by atoms with Gasteiger partial charge in [0.2, 0.25) is 26.0 Å². The van der Waals surface area contributed by atoms with Crippen LogP contribution in [0.15, 0.2) is 29.2 Å². The summed E-state index contributed by atoms with van der Waals surface area (Å²) in [7, 11) is -7.40. The molecule has 1 fully saturated rings. The van der Waals surface area contributed by atoms with Gasteiger partial charge in [0.15, 0.2) is 0 Å². The van der Waals surface area contributed by atoms with Gasteiger partial charge >= 0.3 is 0 Å². The number of morpholine rings is 1. The normalized spacial score (nSPS) is 16.0. The van der Waals surface area contributed by atoms with Gasteiger partial charge < -0.3 is 10.1 Å². The number of hydrogen-bond donors (Lipinski definition) is 1. The molecule has 164 valence electrons. The summed E-state index contributed by atoms with van der Waals surface area (Å²) in [5.41, 5.74) is 0.229. The number of benzene rings is 1. The van der Waals surface area contributed by atoms with E-state index in [0.717, 1.165) is 17.0 Å². The van der Waals surface area contributed by atoms with Gasteiger partial charge in [-0.05, 0) is 36.6 Å². The van der Waals surface area contributed by atoms with Crippen LogP contribution in [0.1, 0.15) is 20.3 Å². The van der Waals surface area contributed by atoms with Crippen molar-refractivity contribution in [2.75, 3.05) is 50.0 Å². The maximum absolute atomic E-state index is 12.7. The van der Waals surface area contributed by atoms with Crippen LogP contribution in [0.3, 0.4) is 0 Å². The third-order valence-corrected chi connectivity index (χ3v) is 7.52. The number of sulfonamides is 2. The van der Waals surface area contributed by atoms with Crippen LogP contribution in [-0.2, 0) is 29.6 Å². The lowest BCUT2D eigenvalue weighted by molar-refractivity contribution is -0.119. The fourth-order valence-corrected chi connectivity index (χ4v) is 5.07. The highest BCUT2D eigenvalue weighted by Crippen LogP contribution is 2.23. The molecule has 0 bridgehead atoms. The first-order valence-corrected chi connectivity index (χ1v) is 12.7. The summed E-state index contributed by atoms with van der Waals surface area (Å²) in [6.45, 7) is 5.38. The van der Waals surface area contributed by atoms with Crippen molar-refractivity contribution in [3.05, 3.63) is 24.3 Å². The summed E-state index contributed by atoms with van der Waals surface area (Å²) in [6.07, 6.45) is 1.80. The number of carbonyl (C=O) groups excluding carboxylic acids is 1. The lowest BCUT2D eigenvalue weighted by Crippen LogP contribution is -2.41. The Kier molecular flexibility index (Phi) is 8.03. The Labute approximate surface area is 173 Å². The standard InChI is InChI=1S/C18H29N3O6S2/c1-15(2)8-9-19-18(22)14-21(28(3,23)24)16-4-6-17(7-5-16)29(25,26)20-10-12-27-13-11-20/h4-7,15H,8-14H2,1-3H3,(H,19,22). The van der Waals surface area contributed by atoms with Crippen molar-refractivity contribution < 1.29 is 26.4 Å². The van der Waals surface area contributed by atoms with Gasteiger partial charge in [0.1, 0.15) is 6.54 Å². The highest BCUT2D eigenvalue weighted by molar-refractivity contribution is 7.92. The third-order valence-electron chi connectivity index (χ3n) is 4.46. The molecule has 1 saturated heterocycles. The number of anilines is 1. The average Bonchev–Trinajstić information content (AvgIpc) is 2.66. The number of hydrogen-bond acceptors (Lipinski definition) is 6. The average molecular weight is 448 g/mol. The maximum Gasteiger partial charge on any atom is 0.243 e. The number of rotatable bonds is 9. The highest BCUT2D eigenvalue weighted by Gasteiger charge is 2.27. The van der Waals surface area contributed by atoms with E-state index in [9.17, 15) is 21.6 Å². The first-order valence-electron chi connectivity index (χ1n) is 9.44. The number of amides is 1. The van der Waals surface area contributed by atoms with Gasteiger partial charge in [-0.3, -0.25) is 9.10 Å². The predicted molar refractivity (Wildman–Crippen MR) is 111 cm³/mol. The molecule has 1 aromatic carbocycles. The van der Waals surface area contributed by atoms with Crippen molar-refractivity contribution in [2.45, 2.75) is 25.2 Å². The van der Waals surface area contributed by atoms with E-state index in [1.807, 2.05) is 13.8 Å². The summed E-state index contributed by atoms with van der Waals surface area (Å²) in [4.78, 5) is 12.2. The van der Waals surface area contributed by atoms with Crippen molar-refractivity contribution in [3.63, 3.8) is 0 Å². The molecule has 2 rings (SSSR count). The Bertz CT molecular complexity index is 892. The molecular weight excluding hydrogens is 418 g/mol. The quantitative estimate of drug-likeness (QED) is 0.594. The lowest BCUT2D eigenvalue weighted by Gasteiger charge is -2.26. The molecule has 1 aromatic rings. The summed E-state index contributed by atoms with van der Waals surface area (Å²) in [6, 6.07) is 5.51. The van der Waals surface area contributed by atoms with Gasteiger partial charge in [-0.25, -0.2) is 16.8 Å². The Morgan fingerprint density at radius 3 is 2.24 bits per heavy atom. The van der Waals surface area contributed by atoms with Crippen LogP contribution in [0.5, 0.6) is 0 Å². The van der Waals surface area contributed by atoms with Crippen LogP contribution < -0.4 is 9.62 Å². The van der Waals surface area contributed by atoms with E-state index in [1.54, 1.807) is 0 Å². The summed E-state index contributed by atoms with van der Waals surface area (Å²) >= 11 is 0. The third kappa shape index (κ3) is 6.66. The van der Waals surface area contributed by atoms with Crippen molar-refractivity contribution in [1.29, 1.82) is 0 Å². The molecule has 0 atom stereocenters. The molecule has 0 unspecified atom stereocenters. The minimum absolute atomic E-state index is 0.0676. The van der Waals surface area contributed by atoms with E-state index < -0.39 is 26.0 Å². The second-order valence-corrected chi connectivity index (χ2v) is 11.2. The second kappa shape index (κ2) is 9.88. The van der Waals surface area contributed by atoms with Crippen LogP contribution in [-0.4, -0.2) is 72.7 Å². The second-order valence-electron chi connectivity index (χ2n) is 7.31. The first-order chi connectivity index (χ1) is 13.5. The Balaban J connectivity index is 2.15. The summed E-state index contributed by atoms with van der Waals surface area (Å²) in [5.74, 6) is 0.00311. The van der Waals surface area contributed by atoms with Crippen LogP contribution >= 0.6 is 0 Å². The Morgan fingerprint density at radius 2 is 1.72 bits per heavy atom. The van der Waals surface area contributed by atoms with E-state index in [4.69, 9.17) is 4.74 Å². The summed E-state index contributed by atoms with van der Waals surface area (Å²) in [5, 5.41) is 2.71. The summed E-state index contributed by atoms with van der Waals surface area (Å²) < 4.78 is 57.2. The molecule has 0 saturated carbocycles. The molecule has 0 radical (unpaired) electrons. The number of nitrogens with zero attached hydrogens (tertiary/aromatic N) is 2. The van der Waals surface area contributed by atoms with E-state index >= 15 is 0 Å². The maximum atomic E-state index is 12.7. The van der Waals surface area contributed by atoms with Crippen molar-refractivity contribution >= 4 is 31.6 Å². The molecule has 9 nitrogen and oxygen atoms in total. The molecule has 29 heavy (non-hydrogen) atoms. The minimum Gasteiger partial charge on any atom is -0.379 e. The largest absolute Gasteiger partial charge is 0.379 e. The van der Waals surface area contributed by atoms with Gasteiger partial charge in [-0.15, -0.1) is 0 Å². The molecule has 1 N–H and O–H groups in total. The first kappa shape index (κ1) is 23.6. The fraction of sp³-hybridized carbons (Fsp3) is 0.611. The van der Waals surface area contributed by atoms with Crippen LogP contribution in [0, 0.1) is 5.92 Å². The molecule has 0 spiro atoms. The van der Waals surface area contributed by atoms with Crippen LogP contribution in [0.2, 0.25) is 0 Å². The van der Waals surface area contributed by atoms with Crippen LogP contribution in [0.25, 0.3) is 0 Å². The minimum atomic E-state index is -3.73. The number of ether oxygens (including phenoxy) is 1. The van der Waals surface area contributed by atoms with Gasteiger partial charge in [-0.1, -0.05) is 13.8 Å². The van der Waals surface area contributed by atoms with E-state index in [1.165, 1.54) is 28.6 Å². The highest BCUT2D eigenvalue weighted by atomic mass is 32.2. The SMILES string of the molecule is CC(C)CCNC(=O)CN(c1ccc(S(=O)(=O)N2CCOCC2)cc1)S(C)(=O)=O. The molecule has 11 heteroatoms. The van der Waals surface area contributed by atoms with E-state index in [0.29, 0.717) is 25.7 Å². The Hall–Kier alpha value is -1.69. The molecule has 0 aliphatic carbocycles. The molecule has 1 aliphatic rings. The molecular formula is C18H29N3O6S2. The Morgan fingerprint density at radius 1 is 1.14 bits per heavy atom. The van der Waals surface area contributed by atoms with Gasteiger partial charge in [0.25, 0.3) is 0 Å². The molecule has 1 heterocycles. The smallest absolute Gasteiger partial charge is 0.243 e. The molecule has 1 aliphatic heterocycles. The van der Waals surface area contributed by atoms with Crippen molar-refractivity contribution in [3.8, 4) is 0 Å². The van der Waals surface area contributed by atoms with Crippen molar-refractivity contribution in [1.82, 2.24) is 9.62 Å². The van der Waals surface area contributed by atoms with Gasteiger partial charge in [-0.2, -0.15) is 4.31 Å². The zero-order valence-electron chi connectivity index (χ0n) is 17.0. The van der Waals surface area contributed by atoms with Crippen LogP contribution in [0.4, 0.5) is 5.69 Å². The van der Waals surface area contributed by atoms with E-state index in [2.05, 4.69) is 5.32 Å². The topological polar surface area (TPSA) is 113 Å². The molecule has 1 amide bonds. The predicted octanol–water partition coefficient (Wildman–Crippen LogP) is 0.636. The monoisotopic (exact) mass is 447 g/mol. The van der Waals surface area contributed by atoms with Gasteiger partial charge in [0, 0.05) is 19.6 Å². The zero-order chi connectivity index (χ0) is 21.7. The zero-order valence-corrected chi connectivity index (χ0v) is 18.6. The lowest BCUT2D eigenvalue weighted by atomic mass is 10.1. The van der Waals surface area contributed by atoms with E-state index in [-0.39, 0.29) is 30.2 Å². The van der Waals surface area contributed by atoms with Gasteiger partial charge in [0.05, 0.1) is 30.1 Å². The van der Waals surface area contributed by atoms with Crippen molar-refractivity contribution in [2.24, 2.45) is 5.92 Å². The molecule has 0 aromatic heterocycles.